The van der Waals surface area contributed by atoms with E-state index >= 15 is 0 Å². The fraction of sp³-hybridized carbons (Fsp3) is 1.00. The van der Waals surface area contributed by atoms with Gasteiger partial charge in [-0.1, -0.05) is 0 Å². The maximum Gasteiger partial charge on any atom is 0.211 e. The Kier molecular flexibility index (Phi) is 5.92. The van der Waals surface area contributed by atoms with Gasteiger partial charge in [0, 0.05) is 13.1 Å². The van der Waals surface area contributed by atoms with E-state index in [1.807, 2.05) is 0 Å². The molecule has 2 N–H and O–H groups in total. The second-order valence-electron chi connectivity index (χ2n) is 3.44. The van der Waals surface area contributed by atoms with Gasteiger partial charge >= 0.3 is 0 Å². The molecular formula is C7H17ClN2O3S. The number of hydrogen-bond donors (Lipinski definition) is 1. The third-order valence-corrected chi connectivity index (χ3v) is 3.68. The van der Waals surface area contributed by atoms with E-state index in [2.05, 4.69) is 4.84 Å². The molecule has 0 aromatic rings. The molecule has 14 heavy (non-hydrogen) atoms. The van der Waals surface area contributed by atoms with Crippen LogP contribution in [0.5, 0.6) is 0 Å². The van der Waals surface area contributed by atoms with Gasteiger partial charge in [0.2, 0.25) is 10.0 Å². The zero-order valence-electron chi connectivity index (χ0n) is 8.18. The van der Waals surface area contributed by atoms with Crippen LogP contribution in [0.2, 0.25) is 0 Å². The van der Waals surface area contributed by atoms with E-state index < -0.39 is 10.0 Å². The van der Waals surface area contributed by atoms with Crippen LogP contribution < -0.4 is 5.90 Å². The van der Waals surface area contributed by atoms with E-state index in [1.54, 1.807) is 0 Å². The molecule has 0 unspecified atom stereocenters. The van der Waals surface area contributed by atoms with E-state index in [4.69, 9.17) is 5.90 Å². The van der Waals surface area contributed by atoms with Crippen LogP contribution in [-0.4, -0.2) is 38.7 Å². The molecule has 1 aliphatic rings. The molecule has 7 heteroatoms. The van der Waals surface area contributed by atoms with Crippen molar-refractivity contribution in [1.29, 1.82) is 0 Å². The highest BCUT2D eigenvalue weighted by Crippen LogP contribution is 2.18. The van der Waals surface area contributed by atoms with Crippen LogP contribution in [0, 0.1) is 5.92 Å². The summed E-state index contributed by atoms with van der Waals surface area (Å²) >= 11 is 0. The van der Waals surface area contributed by atoms with Crippen molar-refractivity contribution in [3.8, 4) is 0 Å². The minimum Gasteiger partial charge on any atom is -0.304 e. The molecule has 0 aromatic heterocycles. The summed E-state index contributed by atoms with van der Waals surface area (Å²) in [7, 11) is -3.00. The van der Waals surface area contributed by atoms with Gasteiger partial charge in [-0.15, -0.1) is 12.4 Å². The molecule has 0 aromatic carbocycles. The van der Waals surface area contributed by atoms with Gasteiger partial charge < -0.3 is 4.84 Å². The quantitative estimate of drug-likeness (QED) is 0.708. The average molecular weight is 245 g/mol. The highest BCUT2D eigenvalue weighted by molar-refractivity contribution is 7.88. The Morgan fingerprint density at radius 1 is 1.43 bits per heavy atom. The molecule has 1 heterocycles. The van der Waals surface area contributed by atoms with Crippen molar-refractivity contribution in [2.75, 3.05) is 26.0 Å². The number of rotatable bonds is 3. The van der Waals surface area contributed by atoms with E-state index in [0.29, 0.717) is 25.6 Å². The number of halogens is 1. The van der Waals surface area contributed by atoms with Gasteiger partial charge in [-0.2, -0.15) is 0 Å². The Balaban J connectivity index is 0.00000169. The minimum atomic E-state index is -3.00. The Bertz CT molecular complexity index is 250. The third-order valence-electron chi connectivity index (χ3n) is 2.37. The molecule has 1 fully saturated rings. The fourth-order valence-corrected chi connectivity index (χ4v) is 2.42. The number of piperidine rings is 1. The van der Waals surface area contributed by atoms with Crippen LogP contribution in [0.3, 0.4) is 0 Å². The normalized spacial score (nSPS) is 20.4. The van der Waals surface area contributed by atoms with Gasteiger partial charge in [0.15, 0.2) is 0 Å². The molecule has 1 aliphatic heterocycles. The van der Waals surface area contributed by atoms with Gasteiger partial charge in [-0.05, 0) is 18.8 Å². The summed E-state index contributed by atoms with van der Waals surface area (Å²) < 4.78 is 23.7. The van der Waals surface area contributed by atoms with Gasteiger partial charge in [-0.3, -0.25) is 0 Å². The maximum atomic E-state index is 11.1. The summed E-state index contributed by atoms with van der Waals surface area (Å²) in [5, 5.41) is 0. The second kappa shape index (κ2) is 5.87. The molecule has 5 nitrogen and oxygen atoms in total. The Hall–Kier alpha value is 0.120. The number of sulfonamides is 1. The number of hydrogen-bond acceptors (Lipinski definition) is 4. The van der Waals surface area contributed by atoms with Crippen molar-refractivity contribution in [3.63, 3.8) is 0 Å². The van der Waals surface area contributed by atoms with Gasteiger partial charge in [0.1, 0.15) is 0 Å². The highest BCUT2D eigenvalue weighted by Gasteiger charge is 2.24. The molecule has 0 aliphatic carbocycles. The van der Waals surface area contributed by atoms with Crippen molar-refractivity contribution >= 4 is 22.4 Å². The molecular weight excluding hydrogens is 228 g/mol. The SMILES string of the molecule is CS(=O)(=O)N1CCC(CON)CC1.Cl. The summed E-state index contributed by atoms with van der Waals surface area (Å²) in [5.74, 6) is 5.35. The Morgan fingerprint density at radius 3 is 2.29 bits per heavy atom. The molecule has 0 amide bonds. The summed E-state index contributed by atoms with van der Waals surface area (Å²) in [4.78, 5) is 4.53. The molecule has 0 spiro atoms. The molecule has 1 saturated heterocycles. The topological polar surface area (TPSA) is 72.6 Å². The van der Waals surface area contributed by atoms with Gasteiger partial charge in [0.05, 0.1) is 12.9 Å². The summed E-state index contributed by atoms with van der Waals surface area (Å²) in [6.07, 6.45) is 2.92. The van der Waals surface area contributed by atoms with Crippen molar-refractivity contribution in [1.82, 2.24) is 4.31 Å². The van der Waals surface area contributed by atoms with Crippen molar-refractivity contribution in [3.05, 3.63) is 0 Å². The number of nitrogens with zero attached hydrogens (tertiary/aromatic N) is 1. The molecule has 86 valence electrons. The van der Waals surface area contributed by atoms with Crippen LogP contribution in [0.15, 0.2) is 0 Å². The van der Waals surface area contributed by atoms with Crippen LogP contribution in [-0.2, 0) is 14.9 Å². The second-order valence-corrected chi connectivity index (χ2v) is 5.42. The van der Waals surface area contributed by atoms with E-state index in [0.717, 1.165) is 12.8 Å². The van der Waals surface area contributed by atoms with Crippen LogP contribution in [0.25, 0.3) is 0 Å². The summed E-state index contributed by atoms with van der Waals surface area (Å²) in [6.45, 7) is 1.71. The summed E-state index contributed by atoms with van der Waals surface area (Å²) in [6, 6.07) is 0. The van der Waals surface area contributed by atoms with E-state index in [-0.39, 0.29) is 12.4 Å². The van der Waals surface area contributed by atoms with Crippen LogP contribution in [0.4, 0.5) is 0 Å². The van der Waals surface area contributed by atoms with Crippen LogP contribution in [0.1, 0.15) is 12.8 Å². The molecule has 0 saturated carbocycles. The van der Waals surface area contributed by atoms with Crippen molar-refractivity contribution < 1.29 is 13.3 Å². The first-order valence-corrected chi connectivity index (χ1v) is 6.15. The molecule has 0 bridgehead atoms. The maximum absolute atomic E-state index is 11.1. The van der Waals surface area contributed by atoms with E-state index in [1.165, 1.54) is 10.6 Å². The minimum absolute atomic E-state index is 0. The lowest BCUT2D eigenvalue weighted by Gasteiger charge is -2.29. The first-order chi connectivity index (χ1) is 6.04. The molecule has 0 radical (unpaired) electrons. The lowest BCUT2D eigenvalue weighted by Crippen LogP contribution is -2.38. The smallest absolute Gasteiger partial charge is 0.211 e. The monoisotopic (exact) mass is 244 g/mol. The van der Waals surface area contributed by atoms with Crippen molar-refractivity contribution in [2.45, 2.75) is 12.8 Å². The standard InChI is InChI=1S/C7H16N2O3S.ClH/c1-13(10,11)9-4-2-7(3-5-9)6-12-8;/h7H,2-6,8H2,1H3;1H. The predicted molar refractivity (Wildman–Crippen MR) is 56.5 cm³/mol. The Labute approximate surface area is 91.0 Å². The van der Waals surface area contributed by atoms with Gasteiger partial charge in [0.25, 0.3) is 0 Å². The first kappa shape index (κ1) is 14.1. The zero-order chi connectivity index (χ0) is 9.90. The molecule has 0 atom stereocenters. The van der Waals surface area contributed by atoms with Crippen molar-refractivity contribution in [2.24, 2.45) is 11.8 Å². The fourth-order valence-electron chi connectivity index (χ4n) is 1.54. The predicted octanol–water partition coefficient (Wildman–Crippen LogP) is -0.0299. The lowest BCUT2D eigenvalue weighted by atomic mass is 9.99. The first-order valence-electron chi connectivity index (χ1n) is 4.31. The molecule has 1 rings (SSSR count). The lowest BCUT2D eigenvalue weighted by molar-refractivity contribution is 0.0806. The largest absolute Gasteiger partial charge is 0.304 e. The zero-order valence-corrected chi connectivity index (χ0v) is 9.81. The highest BCUT2D eigenvalue weighted by atomic mass is 35.5. The Morgan fingerprint density at radius 2 is 1.93 bits per heavy atom. The van der Waals surface area contributed by atoms with Crippen LogP contribution >= 0.6 is 12.4 Å². The third kappa shape index (κ3) is 4.10. The number of nitrogens with two attached hydrogens (primary N) is 1. The van der Waals surface area contributed by atoms with Gasteiger partial charge in [-0.25, -0.2) is 18.6 Å². The van der Waals surface area contributed by atoms with E-state index in [9.17, 15) is 8.42 Å². The summed E-state index contributed by atoms with van der Waals surface area (Å²) in [5.41, 5.74) is 0. The average Bonchev–Trinajstić information content (AvgIpc) is 2.04.